The molecular weight excluding hydrogens is 365 g/mol. The lowest BCUT2D eigenvalue weighted by Crippen LogP contribution is -2.61. The third kappa shape index (κ3) is 3.55. The summed E-state index contributed by atoms with van der Waals surface area (Å²) in [5.74, 6) is 0.368. The zero-order valence-electron chi connectivity index (χ0n) is 16.3. The number of rotatable bonds is 5. The Hall–Kier alpha value is -1.36. The number of nitrogens with zero attached hydrogens (tertiary/aromatic N) is 1. The molecule has 150 valence electrons. The second kappa shape index (κ2) is 7.57. The van der Waals surface area contributed by atoms with Crippen molar-refractivity contribution in [2.75, 3.05) is 7.11 Å². The van der Waals surface area contributed by atoms with E-state index >= 15 is 0 Å². The van der Waals surface area contributed by atoms with Crippen LogP contribution in [0.3, 0.4) is 0 Å². The van der Waals surface area contributed by atoms with E-state index in [1.54, 1.807) is 7.11 Å². The average Bonchev–Trinajstić information content (AvgIpc) is 2.67. The van der Waals surface area contributed by atoms with E-state index in [1.165, 1.54) is 0 Å². The summed E-state index contributed by atoms with van der Waals surface area (Å²) in [7, 11) is -2.90. The van der Waals surface area contributed by atoms with Gasteiger partial charge in [0.2, 0.25) is 5.91 Å². The molecule has 2 aliphatic heterocycles. The highest BCUT2D eigenvalue weighted by Crippen LogP contribution is 2.57. The van der Waals surface area contributed by atoms with E-state index in [2.05, 4.69) is 13.8 Å². The lowest BCUT2D eigenvalue weighted by molar-refractivity contribution is -0.152. The third-order valence-electron chi connectivity index (χ3n) is 6.79. The molecule has 2 aliphatic rings. The zero-order valence-corrected chi connectivity index (χ0v) is 17.2. The molecule has 1 unspecified atom stereocenters. The summed E-state index contributed by atoms with van der Waals surface area (Å²) in [6.45, 7) is 4.15. The molecule has 2 heterocycles. The van der Waals surface area contributed by atoms with Gasteiger partial charge in [0, 0.05) is 6.04 Å². The van der Waals surface area contributed by atoms with E-state index in [1.807, 2.05) is 29.2 Å². The van der Waals surface area contributed by atoms with Crippen molar-refractivity contribution >= 4 is 13.5 Å². The molecule has 1 aromatic rings. The Balaban J connectivity index is 2.05. The van der Waals surface area contributed by atoms with Gasteiger partial charge in [-0.3, -0.25) is 9.36 Å². The minimum atomic E-state index is -4.51. The number of hydrogen-bond acceptors (Lipinski definition) is 3. The third-order valence-corrected chi connectivity index (χ3v) is 8.00. The van der Waals surface area contributed by atoms with Crippen molar-refractivity contribution < 1.29 is 23.9 Å². The predicted molar refractivity (Wildman–Crippen MR) is 104 cm³/mol. The first-order valence-corrected chi connectivity index (χ1v) is 11.5. The van der Waals surface area contributed by atoms with Crippen molar-refractivity contribution in [3.05, 3.63) is 29.8 Å². The molecule has 6 nitrogen and oxygen atoms in total. The highest BCUT2D eigenvalue weighted by Gasteiger charge is 2.56. The Morgan fingerprint density at radius 1 is 1.19 bits per heavy atom. The first-order chi connectivity index (χ1) is 12.8. The largest absolute Gasteiger partial charge is 0.497 e. The Kier molecular flexibility index (Phi) is 5.72. The summed E-state index contributed by atoms with van der Waals surface area (Å²) in [6.07, 6.45) is 4.61. The average molecular weight is 395 g/mol. The number of methoxy groups -OCH3 is 1. The maximum Gasteiger partial charge on any atom is 0.337 e. The van der Waals surface area contributed by atoms with Gasteiger partial charge in [0.15, 0.2) is 0 Å². The van der Waals surface area contributed by atoms with Crippen molar-refractivity contribution in [1.82, 2.24) is 4.90 Å². The van der Waals surface area contributed by atoms with E-state index in [-0.39, 0.29) is 29.8 Å². The lowest BCUT2D eigenvalue weighted by atomic mass is 9.65. The van der Waals surface area contributed by atoms with Gasteiger partial charge in [0.05, 0.1) is 13.2 Å². The fourth-order valence-corrected chi connectivity index (χ4v) is 6.14. The molecule has 0 aliphatic carbocycles. The van der Waals surface area contributed by atoms with Gasteiger partial charge in [-0.2, -0.15) is 0 Å². The monoisotopic (exact) mass is 395 g/mol. The number of benzene rings is 1. The molecule has 7 heteroatoms. The summed E-state index contributed by atoms with van der Waals surface area (Å²) in [6, 6.07) is 7.55. The van der Waals surface area contributed by atoms with E-state index in [9.17, 15) is 19.1 Å². The first kappa shape index (κ1) is 20.4. The van der Waals surface area contributed by atoms with Crippen LogP contribution >= 0.6 is 7.60 Å². The number of carbonyl (C=O) groups excluding carboxylic acids is 1. The van der Waals surface area contributed by atoms with Crippen molar-refractivity contribution in [3.63, 3.8) is 0 Å². The van der Waals surface area contributed by atoms with Gasteiger partial charge in [-0.1, -0.05) is 26.0 Å². The molecule has 2 saturated heterocycles. The van der Waals surface area contributed by atoms with Gasteiger partial charge in [-0.05, 0) is 61.6 Å². The molecule has 3 atom stereocenters. The van der Waals surface area contributed by atoms with Crippen LogP contribution in [0.4, 0.5) is 0 Å². The minimum absolute atomic E-state index is 0.0312. The van der Waals surface area contributed by atoms with E-state index in [0.29, 0.717) is 0 Å². The predicted octanol–water partition coefficient (Wildman–Crippen LogP) is 3.87. The molecule has 1 amide bonds. The zero-order chi connectivity index (χ0) is 19.8. The lowest BCUT2D eigenvalue weighted by Gasteiger charge is -2.56. The topological polar surface area (TPSA) is 87.1 Å². The summed E-state index contributed by atoms with van der Waals surface area (Å²) >= 11 is 0. The molecule has 2 fully saturated rings. The van der Waals surface area contributed by atoms with Gasteiger partial charge in [0.25, 0.3) is 0 Å². The number of piperidine rings is 2. The molecular formula is C20H30NO5P. The van der Waals surface area contributed by atoms with Crippen molar-refractivity contribution in [2.24, 2.45) is 5.41 Å². The molecule has 0 aromatic heterocycles. The van der Waals surface area contributed by atoms with Crippen molar-refractivity contribution in [2.45, 2.75) is 70.1 Å². The van der Waals surface area contributed by atoms with Crippen LogP contribution < -0.4 is 4.74 Å². The Labute approximate surface area is 161 Å². The van der Waals surface area contributed by atoms with E-state index < -0.39 is 13.3 Å². The van der Waals surface area contributed by atoms with Crippen LogP contribution in [-0.4, -0.2) is 39.4 Å². The second-order valence-electron chi connectivity index (χ2n) is 7.86. The molecule has 0 spiro atoms. The minimum Gasteiger partial charge on any atom is -0.497 e. The Morgan fingerprint density at radius 3 is 2.33 bits per heavy atom. The highest BCUT2D eigenvalue weighted by molar-refractivity contribution is 7.53. The Morgan fingerprint density at radius 2 is 1.81 bits per heavy atom. The number of carbonyl (C=O) groups is 1. The Bertz CT molecular complexity index is 724. The van der Waals surface area contributed by atoms with Crippen LogP contribution in [0.1, 0.15) is 64.0 Å². The highest BCUT2D eigenvalue weighted by atomic mass is 31.2. The normalized spacial score (nSPS) is 28.0. The number of hydrogen-bond donors (Lipinski definition) is 2. The molecule has 27 heavy (non-hydrogen) atoms. The molecule has 2 N–H and O–H groups in total. The second-order valence-corrected chi connectivity index (χ2v) is 9.66. The van der Waals surface area contributed by atoms with Crippen LogP contribution in [-0.2, 0) is 9.36 Å². The fraction of sp³-hybridized carbons (Fsp3) is 0.650. The molecule has 0 bridgehead atoms. The molecule has 0 radical (unpaired) electrons. The van der Waals surface area contributed by atoms with Gasteiger partial charge < -0.3 is 19.4 Å². The number of ether oxygens (including phenoxy) is 1. The van der Waals surface area contributed by atoms with Crippen molar-refractivity contribution in [3.8, 4) is 5.75 Å². The maximum absolute atomic E-state index is 13.2. The quantitative estimate of drug-likeness (QED) is 0.739. The fourth-order valence-electron chi connectivity index (χ4n) is 5.11. The van der Waals surface area contributed by atoms with Crippen LogP contribution in [0.15, 0.2) is 24.3 Å². The van der Waals surface area contributed by atoms with Crippen LogP contribution in [0.5, 0.6) is 5.75 Å². The standard InChI is InChI=1S/C20H30NO5P/c1-4-20(5-2)13-17(27(23,24)25)19(22)21-16(7-6-8-18(20)21)14-9-11-15(26-3)12-10-14/h9-12,16-18H,4-8,13H2,1-3H3,(H2,23,24,25)/t16-,17?,18+/m0/s1. The first-order valence-electron chi connectivity index (χ1n) is 9.78. The van der Waals surface area contributed by atoms with Crippen LogP contribution in [0.2, 0.25) is 0 Å². The molecule has 0 saturated carbocycles. The van der Waals surface area contributed by atoms with Gasteiger partial charge in [-0.15, -0.1) is 0 Å². The summed E-state index contributed by atoms with van der Waals surface area (Å²) in [4.78, 5) is 34.9. The molecule has 3 rings (SSSR count). The summed E-state index contributed by atoms with van der Waals surface area (Å²) in [5, 5.41) is 0. The SMILES string of the molecule is CCC1(CC)CC(P(=O)(O)O)C(=O)N2[C@H](c3ccc(OC)cc3)CCC[C@@H]21. The smallest absolute Gasteiger partial charge is 0.337 e. The number of amides is 1. The van der Waals surface area contributed by atoms with Crippen molar-refractivity contribution in [1.29, 1.82) is 0 Å². The maximum atomic E-state index is 13.2. The molecule has 1 aromatic carbocycles. The number of fused-ring (bicyclic) bond motifs is 1. The summed E-state index contributed by atoms with van der Waals surface area (Å²) in [5.41, 5.74) is -0.473. The van der Waals surface area contributed by atoms with Crippen LogP contribution in [0.25, 0.3) is 0 Å². The van der Waals surface area contributed by atoms with Gasteiger partial charge in [-0.25, -0.2) is 0 Å². The van der Waals surface area contributed by atoms with Gasteiger partial charge in [0.1, 0.15) is 11.4 Å². The van der Waals surface area contributed by atoms with E-state index in [0.717, 1.165) is 43.4 Å². The van der Waals surface area contributed by atoms with E-state index in [4.69, 9.17) is 4.74 Å². The van der Waals surface area contributed by atoms with Gasteiger partial charge >= 0.3 is 7.60 Å². The van der Waals surface area contributed by atoms with Crippen LogP contribution in [0, 0.1) is 5.41 Å². The summed E-state index contributed by atoms with van der Waals surface area (Å²) < 4.78 is 17.4.